The van der Waals surface area contributed by atoms with E-state index in [1.54, 1.807) is 20.3 Å². The van der Waals surface area contributed by atoms with Gasteiger partial charge in [-0.05, 0) is 112 Å². The Morgan fingerprint density at radius 2 is 1.21 bits per heavy atom. The standard InChI is InChI=1S/C48H50O5/c1-30-12-19-46(51-7)37(20-30)26-39-22-31(2)21-38(47(39)52-8)25-36-23-32(3)43(29-45(36)50)34-10-9-11-41(27-34)53-42-18-15-35(44(49)28-42)24-33-13-16-40(17-14-33)48(4,5)6/h9-23,27-29,49-50H,24-26H2,1-8H3. The van der Waals surface area contributed by atoms with E-state index in [0.29, 0.717) is 30.8 Å². The summed E-state index contributed by atoms with van der Waals surface area (Å²) < 4.78 is 17.9. The smallest absolute Gasteiger partial charge is 0.131 e. The quantitative estimate of drug-likeness (QED) is 0.140. The lowest BCUT2D eigenvalue weighted by molar-refractivity contribution is 0.402. The summed E-state index contributed by atoms with van der Waals surface area (Å²) in [6, 6.07) is 36.2. The second kappa shape index (κ2) is 15.5. The molecule has 0 bridgehead atoms. The Bertz CT molecular complexity index is 2240. The fourth-order valence-electron chi connectivity index (χ4n) is 7.08. The number of hydrogen-bond donors (Lipinski definition) is 2. The van der Waals surface area contributed by atoms with E-state index in [-0.39, 0.29) is 16.9 Å². The molecule has 6 aromatic carbocycles. The Morgan fingerprint density at radius 3 is 1.87 bits per heavy atom. The van der Waals surface area contributed by atoms with Gasteiger partial charge >= 0.3 is 0 Å². The van der Waals surface area contributed by atoms with Crippen LogP contribution < -0.4 is 14.2 Å². The topological polar surface area (TPSA) is 68.2 Å². The number of rotatable bonds is 11. The number of benzene rings is 6. The van der Waals surface area contributed by atoms with Crippen molar-refractivity contribution in [2.45, 2.75) is 66.2 Å². The average Bonchev–Trinajstić information content (AvgIpc) is 3.11. The van der Waals surface area contributed by atoms with E-state index in [0.717, 1.165) is 67.1 Å². The molecule has 5 nitrogen and oxygen atoms in total. The fourth-order valence-corrected chi connectivity index (χ4v) is 7.08. The molecule has 0 amide bonds. The Hall–Kier alpha value is -5.68. The van der Waals surface area contributed by atoms with Crippen LogP contribution in [0.2, 0.25) is 0 Å². The number of ether oxygens (including phenoxy) is 3. The van der Waals surface area contributed by atoms with E-state index in [2.05, 4.69) is 96.1 Å². The van der Waals surface area contributed by atoms with Gasteiger partial charge < -0.3 is 24.4 Å². The van der Waals surface area contributed by atoms with E-state index >= 15 is 0 Å². The third-order valence-electron chi connectivity index (χ3n) is 9.87. The van der Waals surface area contributed by atoms with Gasteiger partial charge in [0.15, 0.2) is 0 Å². The number of phenolic OH excluding ortho intramolecular Hbond substituents is 2. The van der Waals surface area contributed by atoms with Crippen LogP contribution >= 0.6 is 0 Å². The molecule has 5 heteroatoms. The van der Waals surface area contributed by atoms with Crippen molar-refractivity contribution in [3.8, 4) is 45.6 Å². The highest BCUT2D eigenvalue weighted by Crippen LogP contribution is 2.38. The summed E-state index contributed by atoms with van der Waals surface area (Å²) in [6.45, 7) is 12.8. The first kappa shape index (κ1) is 37.1. The van der Waals surface area contributed by atoms with Crippen LogP contribution in [0.25, 0.3) is 11.1 Å². The molecule has 2 N–H and O–H groups in total. The molecule has 0 fully saturated rings. The van der Waals surface area contributed by atoms with Crippen molar-refractivity contribution in [3.05, 3.63) is 165 Å². The van der Waals surface area contributed by atoms with E-state index in [1.165, 1.54) is 11.1 Å². The highest BCUT2D eigenvalue weighted by atomic mass is 16.5. The minimum Gasteiger partial charge on any atom is -0.508 e. The predicted octanol–water partition coefficient (Wildman–Crippen LogP) is 11.6. The van der Waals surface area contributed by atoms with Gasteiger partial charge in [-0.25, -0.2) is 0 Å². The van der Waals surface area contributed by atoms with Crippen LogP contribution in [0.15, 0.2) is 109 Å². The number of phenols is 2. The molecule has 0 aliphatic heterocycles. The maximum atomic E-state index is 11.4. The first-order valence-corrected chi connectivity index (χ1v) is 18.1. The molecular formula is C48H50O5. The Labute approximate surface area is 314 Å². The van der Waals surface area contributed by atoms with Crippen molar-refractivity contribution in [2.24, 2.45) is 0 Å². The molecule has 53 heavy (non-hydrogen) atoms. The summed E-state index contributed by atoms with van der Waals surface area (Å²) in [7, 11) is 3.40. The van der Waals surface area contributed by atoms with Gasteiger partial charge in [0.25, 0.3) is 0 Å². The Morgan fingerprint density at radius 1 is 0.547 bits per heavy atom. The maximum absolute atomic E-state index is 11.4. The lowest BCUT2D eigenvalue weighted by Gasteiger charge is -2.19. The predicted molar refractivity (Wildman–Crippen MR) is 215 cm³/mol. The SMILES string of the molecule is COc1ccc(C)cc1Cc1cc(C)cc(Cc2cc(C)c(-c3cccc(Oc4ccc(Cc5ccc(C(C)(C)C)cc5)c(O)c4)c3)cc2O)c1OC. The third kappa shape index (κ3) is 8.69. The number of hydrogen-bond acceptors (Lipinski definition) is 5. The molecule has 0 aliphatic rings. The third-order valence-corrected chi connectivity index (χ3v) is 9.87. The van der Waals surface area contributed by atoms with Crippen LogP contribution in [0.4, 0.5) is 0 Å². The van der Waals surface area contributed by atoms with Gasteiger partial charge in [-0.1, -0.05) is 105 Å². The highest BCUT2D eigenvalue weighted by molar-refractivity contribution is 5.71. The zero-order valence-corrected chi connectivity index (χ0v) is 32.1. The normalized spacial score (nSPS) is 11.4. The number of aryl methyl sites for hydroxylation is 3. The molecule has 0 saturated heterocycles. The van der Waals surface area contributed by atoms with Crippen molar-refractivity contribution >= 4 is 0 Å². The Kier molecular flexibility index (Phi) is 10.9. The molecule has 0 saturated carbocycles. The van der Waals surface area contributed by atoms with Gasteiger partial charge in [0.1, 0.15) is 34.5 Å². The molecule has 0 heterocycles. The van der Waals surface area contributed by atoms with Gasteiger partial charge in [-0.2, -0.15) is 0 Å². The van der Waals surface area contributed by atoms with Gasteiger partial charge in [0.2, 0.25) is 0 Å². The second-order valence-electron chi connectivity index (χ2n) is 15.1. The molecule has 0 unspecified atom stereocenters. The van der Waals surface area contributed by atoms with E-state index in [4.69, 9.17) is 14.2 Å². The van der Waals surface area contributed by atoms with E-state index in [9.17, 15) is 10.2 Å². The molecule has 0 aromatic heterocycles. The van der Waals surface area contributed by atoms with Crippen LogP contribution in [0.5, 0.6) is 34.5 Å². The monoisotopic (exact) mass is 706 g/mol. The zero-order valence-electron chi connectivity index (χ0n) is 32.1. The van der Waals surface area contributed by atoms with Gasteiger partial charge in [-0.3, -0.25) is 0 Å². The second-order valence-corrected chi connectivity index (χ2v) is 15.1. The number of aromatic hydroxyl groups is 2. The van der Waals surface area contributed by atoms with Gasteiger partial charge in [0, 0.05) is 25.3 Å². The molecule has 0 aliphatic carbocycles. The van der Waals surface area contributed by atoms with Crippen molar-refractivity contribution in [3.63, 3.8) is 0 Å². The first-order valence-electron chi connectivity index (χ1n) is 18.1. The van der Waals surface area contributed by atoms with E-state index < -0.39 is 0 Å². The lowest BCUT2D eigenvalue weighted by atomic mass is 9.86. The summed E-state index contributed by atoms with van der Waals surface area (Å²) in [5.74, 6) is 3.27. The Balaban J connectivity index is 1.20. The first-order chi connectivity index (χ1) is 25.3. The average molecular weight is 707 g/mol. The molecule has 272 valence electrons. The fraction of sp³-hybridized carbons (Fsp3) is 0.250. The summed E-state index contributed by atoms with van der Waals surface area (Å²) >= 11 is 0. The molecule has 0 spiro atoms. The summed E-state index contributed by atoms with van der Waals surface area (Å²) in [4.78, 5) is 0. The van der Waals surface area contributed by atoms with Crippen molar-refractivity contribution in [1.82, 2.24) is 0 Å². The van der Waals surface area contributed by atoms with Crippen LogP contribution in [0, 0.1) is 20.8 Å². The molecule has 0 atom stereocenters. The van der Waals surface area contributed by atoms with Crippen LogP contribution in [-0.2, 0) is 24.7 Å². The van der Waals surface area contributed by atoms with Gasteiger partial charge in [-0.15, -0.1) is 0 Å². The highest BCUT2D eigenvalue weighted by Gasteiger charge is 2.18. The van der Waals surface area contributed by atoms with E-state index in [1.807, 2.05) is 48.5 Å². The summed E-state index contributed by atoms with van der Waals surface area (Å²) in [5.41, 5.74) is 12.5. The minimum absolute atomic E-state index is 0.0964. The van der Waals surface area contributed by atoms with Crippen LogP contribution in [0.3, 0.4) is 0 Å². The van der Waals surface area contributed by atoms with Gasteiger partial charge in [0.05, 0.1) is 14.2 Å². The molecule has 6 aromatic rings. The van der Waals surface area contributed by atoms with Crippen LogP contribution in [-0.4, -0.2) is 24.4 Å². The summed E-state index contributed by atoms with van der Waals surface area (Å²) in [5, 5.41) is 22.3. The lowest BCUT2D eigenvalue weighted by Crippen LogP contribution is -2.10. The number of methoxy groups -OCH3 is 2. The molecular weight excluding hydrogens is 657 g/mol. The zero-order chi connectivity index (χ0) is 37.9. The molecule has 6 rings (SSSR count). The maximum Gasteiger partial charge on any atom is 0.131 e. The summed E-state index contributed by atoms with van der Waals surface area (Å²) in [6.07, 6.45) is 1.81. The molecule has 0 radical (unpaired) electrons. The van der Waals surface area contributed by atoms with Crippen molar-refractivity contribution in [1.29, 1.82) is 0 Å². The largest absolute Gasteiger partial charge is 0.508 e. The minimum atomic E-state index is 0.0964. The van der Waals surface area contributed by atoms with Crippen molar-refractivity contribution < 1.29 is 24.4 Å². The van der Waals surface area contributed by atoms with Crippen molar-refractivity contribution in [2.75, 3.05) is 14.2 Å². The van der Waals surface area contributed by atoms with Crippen LogP contribution in [0.1, 0.15) is 76.4 Å².